The highest BCUT2D eigenvalue weighted by Gasteiger charge is 2.27. The van der Waals surface area contributed by atoms with Gasteiger partial charge in [-0.2, -0.15) is 4.31 Å². The minimum atomic E-state index is -3.62. The molecule has 2 heterocycles. The number of benzene rings is 1. The van der Waals surface area contributed by atoms with E-state index in [4.69, 9.17) is 4.74 Å². The Hall–Kier alpha value is -2.88. The third-order valence-corrected chi connectivity index (χ3v) is 7.07. The molecule has 2 amide bonds. The molecular weight excluding hydrogens is 406 g/mol. The number of hydrogen-bond donors (Lipinski definition) is 1. The minimum absolute atomic E-state index is 0.0265. The lowest BCUT2D eigenvalue weighted by atomic mass is 9.89. The van der Waals surface area contributed by atoms with E-state index in [-0.39, 0.29) is 22.3 Å². The van der Waals surface area contributed by atoms with Crippen LogP contribution in [0.4, 0.5) is 0 Å². The molecule has 8 nitrogen and oxygen atoms in total. The van der Waals surface area contributed by atoms with Crippen molar-refractivity contribution in [2.24, 2.45) is 10.9 Å². The van der Waals surface area contributed by atoms with Crippen molar-refractivity contribution < 1.29 is 22.7 Å². The number of sulfonamides is 1. The summed E-state index contributed by atoms with van der Waals surface area (Å²) in [7, 11) is -3.62. The molecule has 1 N–H and O–H groups in total. The fourth-order valence-corrected chi connectivity index (χ4v) is 4.95. The molecule has 1 fully saturated rings. The van der Waals surface area contributed by atoms with E-state index in [9.17, 15) is 18.0 Å². The molecule has 9 heteroatoms. The van der Waals surface area contributed by atoms with Crippen molar-refractivity contribution >= 4 is 27.5 Å². The van der Waals surface area contributed by atoms with Crippen LogP contribution < -0.4 is 5.32 Å². The Balaban J connectivity index is 1.51. The smallest absolute Gasteiger partial charge is 0.277 e. The van der Waals surface area contributed by atoms with Gasteiger partial charge >= 0.3 is 0 Å². The predicted octanol–water partition coefficient (Wildman–Crippen LogP) is 1.43. The molecule has 1 unspecified atom stereocenters. The average Bonchev–Trinajstić information content (AvgIpc) is 2.74. The topological polar surface area (TPSA) is 105 Å². The molecule has 0 spiro atoms. The molecule has 0 aromatic heterocycles. The van der Waals surface area contributed by atoms with Crippen molar-refractivity contribution in [3.63, 3.8) is 0 Å². The van der Waals surface area contributed by atoms with Crippen LogP contribution >= 0.6 is 0 Å². The van der Waals surface area contributed by atoms with Gasteiger partial charge in [-0.05, 0) is 43.3 Å². The Morgan fingerprint density at radius 1 is 1.17 bits per heavy atom. The summed E-state index contributed by atoms with van der Waals surface area (Å²) in [5.41, 5.74) is 2.30. The number of rotatable bonds is 3. The third-order valence-electron chi connectivity index (χ3n) is 5.15. The molecule has 4 rings (SSSR count). The second-order valence-electron chi connectivity index (χ2n) is 7.20. The van der Waals surface area contributed by atoms with Gasteiger partial charge in [0.1, 0.15) is 0 Å². The Bertz CT molecular complexity index is 1110. The number of amides is 2. The number of nitrogens with zero attached hydrogens (tertiary/aromatic N) is 2. The van der Waals surface area contributed by atoms with Crippen LogP contribution in [0.2, 0.25) is 0 Å². The predicted molar refractivity (Wildman–Crippen MR) is 110 cm³/mol. The average molecular weight is 427 g/mol. The first-order chi connectivity index (χ1) is 14.3. The van der Waals surface area contributed by atoms with Gasteiger partial charge < -0.3 is 10.1 Å². The number of hydrogen-bond acceptors (Lipinski definition) is 5. The second kappa shape index (κ2) is 8.10. The Labute approximate surface area is 174 Å². The quantitative estimate of drug-likeness (QED) is 0.786. The van der Waals surface area contributed by atoms with Crippen LogP contribution in [0.3, 0.4) is 0 Å². The van der Waals surface area contributed by atoms with Crippen molar-refractivity contribution in [3.8, 4) is 0 Å². The molecular formula is C21H21N3O5S. The lowest BCUT2D eigenvalue weighted by molar-refractivity contribution is -0.116. The van der Waals surface area contributed by atoms with Gasteiger partial charge in [0.2, 0.25) is 15.9 Å². The van der Waals surface area contributed by atoms with Gasteiger partial charge in [0.15, 0.2) is 0 Å². The zero-order valence-corrected chi connectivity index (χ0v) is 17.2. The first kappa shape index (κ1) is 20.4. The SMILES string of the molecule is CC1=CC(=O)NC2=CC(=NC(=O)c3ccc(S(=O)(=O)N4CCOCC4)cc3)C=CC12. The Morgan fingerprint density at radius 2 is 1.87 bits per heavy atom. The highest BCUT2D eigenvalue weighted by molar-refractivity contribution is 7.89. The maximum Gasteiger partial charge on any atom is 0.277 e. The highest BCUT2D eigenvalue weighted by atomic mass is 32.2. The van der Waals surface area contributed by atoms with Crippen LogP contribution in [0.25, 0.3) is 0 Å². The molecule has 1 aromatic carbocycles. The molecule has 1 aliphatic carbocycles. The van der Waals surface area contributed by atoms with Gasteiger partial charge in [0.05, 0.1) is 23.8 Å². The molecule has 1 atom stereocenters. The number of allylic oxidation sites excluding steroid dienone is 3. The summed E-state index contributed by atoms with van der Waals surface area (Å²) >= 11 is 0. The molecule has 1 saturated heterocycles. The van der Waals surface area contributed by atoms with E-state index < -0.39 is 15.9 Å². The molecule has 2 aliphatic heterocycles. The number of carbonyl (C=O) groups excluding carboxylic acids is 2. The second-order valence-corrected chi connectivity index (χ2v) is 9.13. The molecule has 0 saturated carbocycles. The molecule has 156 valence electrons. The zero-order valence-electron chi connectivity index (χ0n) is 16.4. The van der Waals surface area contributed by atoms with Crippen LogP contribution in [0.15, 0.2) is 69.7 Å². The summed E-state index contributed by atoms with van der Waals surface area (Å²) in [6.07, 6.45) is 6.84. The lowest BCUT2D eigenvalue weighted by Gasteiger charge is -2.26. The Kier molecular flexibility index (Phi) is 5.50. The Morgan fingerprint density at radius 3 is 2.57 bits per heavy atom. The van der Waals surface area contributed by atoms with E-state index in [1.54, 1.807) is 18.2 Å². The van der Waals surface area contributed by atoms with E-state index >= 15 is 0 Å². The normalized spacial score (nSPS) is 23.4. The standard InChI is InChI=1S/C21H21N3O5S/c1-14-12-20(25)23-19-13-16(4-7-18(14)19)22-21(26)15-2-5-17(6-3-15)30(27,28)24-8-10-29-11-9-24/h2-7,12-13,18H,8-11H2,1H3,(H,23,25). The third kappa shape index (κ3) is 4.04. The molecule has 0 radical (unpaired) electrons. The van der Waals surface area contributed by atoms with Crippen molar-refractivity contribution in [1.29, 1.82) is 0 Å². The van der Waals surface area contributed by atoms with E-state index in [0.29, 0.717) is 37.7 Å². The summed E-state index contributed by atoms with van der Waals surface area (Å²) < 4.78 is 31.9. The van der Waals surface area contributed by atoms with Crippen molar-refractivity contribution in [2.45, 2.75) is 11.8 Å². The number of morpholine rings is 1. The maximum atomic E-state index is 12.7. The van der Waals surface area contributed by atoms with Gasteiger partial charge in [-0.15, -0.1) is 0 Å². The lowest BCUT2D eigenvalue weighted by Crippen LogP contribution is -2.40. The van der Waals surface area contributed by atoms with Crippen LogP contribution in [-0.2, 0) is 19.6 Å². The summed E-state index contributed by atoms with van der Waals surface area (Å²) in [4.78, 5) is 28.5. The van der Waals surface area contributed by atoms with Crippen LogP contribution in [0, 0.1) is 5.92 Å². The van der Waals surface area contributed by atoms with Gasteiger partial charge in [0, 0.05) is 36.3 Å². The van der Waals surface area contributed by atoms with Crippen molar-refractivity contribution in [1.82, 2.24) is 9.62 Å². The number of carbonyl (C=O) groups is 2. The summed E-state index contributed by atoms with van der Waals surface area (Å²) in [6.45, 7) is 3.23. The minimum Gasteiger partial charge on any atom is -0.379 e. The first-order valence-corrected chi connectivity index (χ1v) is 11.0. The molecule has 30 heavy (non-hydrogen) atoms. The molecule has 1 aromatic rings. The van der Waals surface area contributed by atoms with Crippen LogP contribution in [-0.4, -0.2) is 56.6 Å². The highest BCUT2D eigenvalue weighted by Crippen LogP contribution is 2.26. The fraction of sp³-hybridized carbons (Fsp3) is 0.286. The monoisotopic (exact) mass is 427 g/mol. The van der Waals surface area contributed by atoms with Gasteiger partial charge in [-0.1, -0.05) is 11.6 Å². The van der Waals surface area contributed by atoms with E-state index in [0.717, 1.165) is 5.57 Å². The number of fused-ring (bicyclic) bond motifs is 1. The summed E-state index contributed by atoms with van der Waals surface area (Å²) in [6, 6.07) is 5.74. The molecule has 3 aliphatic rings. The fourth-order valence-electron chi connectivity index (χ4n) is 3.54. The largest absolute Gasteiger partial charge is 0.379 e. The maximum absolute atomic E-state index is 12.7. The van der Waals surface area contributed by atoms with E-state index in [2.05, 4.69) is 10.3 Å². The van der Waals surface area contributed by atoms with Crippen molar-refractivity contribution in [2.75, 3.05) is 26.3 Å². The number of aliphatic imine (C=N–C) groups is 1. The van der Waals surface area contributed by atoms with Gasteiger partial charge in [0.25, 0.3) is 5.91 Å². The summed E-state index contributed by atoms with van der Waals surface area (Å²) in [5, 5.41) is 2.77. The first-order valence-electron chi connectivity index (χ1n) is 9.54. The summed E-state index contributed by atoms with van der Waals surface area (Å²) in [5.74, 6) is -0.718. The van der Waals surface area contributed by atoms with Crippen molar-refractivity contribution in [3.05, 3.63) is 65.4 Å². The van der Waals surface area contributed by atoms with Crippen LogP contribution in [0.1, 0.15) is 17.3 Å². The van der Waals surface area contributed by atoms with Gasteiger partial charge in [-0.25, -0.2) is 13.4 Å². The van der Waals surface area contributed by atoms with Crippen LogP contribution in [0.5, 0.6) is 0 Å². The number of ether oxygens (including phenoxy) is 1. The number of nitrogens with one attached hydrogen (secondary N) is 1. The zero-order chi connectivity index (χ0) is 21.3. The van der Waals surface area contributed by atoms with E-state index in [1.807, 2.05) is 13.0 Å². The van der Waals surface area contributed by atoms with Gasteiger partial charge in [-0.3, -0.25) is 9.59 Å². The van der Waals surface area contributed by atoms with E-state index in [1.165, 1.54) is 28.6 Å². The molecule has 0 bridgehead atoms.